The van der Waals surface area contributed by atoms with Crippen LogP contribution in [0.25, 0.3) is 6.08 Å². The number of sulfonamides is 1. The van der Waals surface area contributed by atoms with Crippen molar-refractivity contribution in [3.8, 4) is 0 Å². The quantitative estimate of drug-likeness (QED) is 0.154. The van der Waals surface area contributed by atoms with Crippen LogP contribution in [0.1, 0.15) is 29.7 Å². The molecule has 4 rings (SSSR count). The molecule has 0 aliphatic carbocycles. The van der Waals surface area contributed by atoms with Gasteiger partial charge in [-0.05, 0) is 21.0 Å². The van der Waals surface area contributed by atoms with Crippen LogP contribution in [-0.4, -0.2) is 41.1 Å². The summed E-state index contributed by atoms with van der Waals surface area (Å²) in [5.74, 6) is 1.93. The average molecular weight is 638 g/mol. The van der Waals surface area contributed by atoms with E-state index in [4.69, 9.17) is 0 Å². The van der Waals surface area contributed by atoms with Crippen molar-refractivity contribution < 1.29 is 25.5 Å². The first-order valence-electron chi connectivity index (χ1n) is 12.1. The van der Waals surface area contributed by atoms with E-state index in [1.54, 1.807) is 24.3 Å². The second-order valence-corrected chi connectivity index (χ2v) is 14.5. The molecule has 0 N–H and O–H groups in total. The van der Waals surface area contributed by atoms with E-state index in [1.165, 1.54) is 5.56 Å². The molecule has 0 saturated heterocycles. The third-order valence-corrected chi connectivity index (χ3v) is 11.1. The monoisotopic (exact) mass is 638 g/mol. The predicted molar refractivity (Wildman–Crippen MR) is 159 cm³/mol. The molecular weight excluding hydrogens is 599 g/mol. The maximum absolute atomic E-state index is 12.2. The molecule has 204 valence electrons. The summed E-state index contributed by atoms with van der Waals surface area (Å²) >= 11 is -1.56. The minimum atomic E-state index is -3.52. The van der Waals surface area contributed by atoms with E-state index in [2.05, 4.69) is 53.6 Å². The van der Waals surface area contributed by atoms with Crippen LogP contribution in [-0.2, 0) is 27.1 Å². The molecule has 0 fully saturated rings. The molecule has 0 saturated carbocycles. The van der Waals surface area contributed by atoms with Gasteiger partial charge < -0.3 is 4.90 Å². The van der Waals surface area contributed by atoms with Gasteiger partial charge in [0.05, 0.1) is 0 Å². The topological polar surface area (TPSA) is 49.7 Å². The van der Waals surface area contributed by atoms with Gasteiger partial charge in [0, 0.05) is 6.04 Å². The summed E-state index contributed by atoms with van der Waals surface area (Å²) in [6.45, 7) is 4.13. The number of nitrogens with zero attached hydrogens (tertiary/aromatic N) is 2. The maximum Gasteiger partial charge on any atom is 2.00 e. The van der Waals surface area contributed by atoms with Gasteiger partial charge in [0.1, 0.15) is 0 Å². The Morgan fingerprint density at radius 1 is 0.921 bits per heavy atom. The second kappa shape index (κ2) is 18.0. The molecule has 38 heavy (non-hydrogen) atoms. The Balaban J connectivity index is 0.000000370. The number of rotatable bonds is 7. The van der Waals surface area contributed by atoms with Gasteiger partial charge in [0.25, 0.3) is 0 Å². The summed E-state index contributed by atoms with van der Waals surface area (Å²) < 4.78 is 28.5. The van der Waals surface area contributed by atoms with Crippen molar-refractivity contribution in [1.29, 1.82) is 0 Å². The van der Waals surface area contributed by atoms with Crippen LogP contribution in [0.4, 0.5) is 0 Å². The van der Waals surface area contributed by atoms with E-state index >= 15 is 0 Å². The van der Waals surface area contributed by atoms with Crippen molar-refractivity contribution in [3.05, 3.63) is 132 Å². The van der Waals surface area contributed by atoms with Crippen molar-refractivity contribution in [1.82, 2.24) is 4.90 Å². The van der Waals surface area contributed by atoms with E-state index in [1.807, 2.05) is 85.6 Å². The SMILES string of the molecule is CC(c1ccc[cH-]1)N(C)C.Cc1ccc(S(=O)(=O)/N=[Se](\C)C/C=C/c2ccccc2)cc1.[Fe+2].c1cc[cH-]c1. The first-order valence-corrected chi connectivity index (χ1v) is 17.3. The molecule has 0 aromatic heterocycles. The summed E-state index contributed by atoms with van der Waals surface area (Å²) in [4.78, 5) is 2.48. The fourth-order valence-electron chi connectivity index (χ4n) is 3.13. The predicted octanol–water partition coefficient (Wildman–Crippen LogP) is 7.72. The van der Waals surface area contributed by atoms with Crippen molar-refractivity contribution in [3.63, 3.8) is 0 Å². The van der Waals surface area contributed by atoms with E-state index in [-0.39, 0.29) is 22.0 Å². The smallest absolute Gasteiger partial charge is 0.214 e. The maximum atomic E-state index is 12.2. The summed E-state index contributed by atoms with van der Waals surface area (Å²) in [6.07, 6.45) is 4.02. The van der Waals surface area contributed by atoms with Gasteiger partial charge >= 0.3 is 153 Å². The fourth-order valence-corrected chi connectivity index (χ4v) is 7.91. The zero-order valence-electron chi connectivity index (χ0n) is 22.7. The summed E-state index contributed by atoms with van der Waals surface area (Å²) in [6, 6.07) is 35.8. The third kappa shape index (κ3) is 12.9. The minimum Gasteiger partial charge on any atom is -0.214 e. The second-order valence-electron chi connectivity index (χ2n) is 8.76. The van der Waals surface area contributed by atoms with Gasteiger partial charge in [-0.3, -0.25) is 0 Å². The number of hydrogen-bond donors (Lipinski definition) is 0. The molecular formula is C31H38FeN2O2SSe. The normalized spacial score (nSPS) is 12.6. The van der Waals surface area contributed by atoms with Crippen LogP contribution >= 0.6 is 0 Å². The van der Waals surface area contributed by atoms with E-state index in [9.17, 15) is 8.42 Å². The Morgan fingerprint density at radius 3 is 2.05 bits per heavy atom. The molecule has 0 heterocycles. The molecule has 0 aliphatic rings. The van der Waals surface area contributed by atoms with Crippen LogP contribution in [0.3, 0.4) is 0 Å². The molecule has 0 bridgehead atoms. The van der Waals surface area contributed by atoms with Crippen molar-refractivity contribution in [2.75, 3.05) is 14.1 Å². The minimum absolute atomic E-state index is 0. The molecule has 2 unspecified atom stereocenters. The molecule has 0 aliphatic heterocycles. The molecule has 0 radical (unpaired) electrons. The first kappa shape index (κ1) is 33.7. The van der Waals surface area contributed by atoms with Gasteiger partial charge in [-0.15, -0.1) is 0 Å². The number of benzene rings is 2. The van der Waals surface area contributed by atoms with Crippen LogP contribution in [0.15, 0.2) is 124 Å². The number of aryl methyl sites for hydroxylation is 1. The Labute approximate surface area is 244 Å². The molecule has 7 heteroatoms. The molecule has 0 spiro atoms. The number of allylic oxidation sites excluding steroid dienone is 1. The molecule has 0 amide bonds. The standard InChI is InChI=1S/C17H19NO2SSe.C9H14N.C5H5.Fe/c1-15-10-12-17(13-11-15)21(19,20)18-22(2)14-6-9-16-7-4-3-5-8-16;1-8(10(2)3)9-6-4-5-7-9;1-2-4-5-3-1;/h3-13H,14H2,1-2H3;4-8H,1-3H3;1-5H;/q;2*-1;+2/b9-6+;;;. The van der Waals surface area contributed by atoms with E-state index in [0.29, 0.717) is 11.4 Å². The van der Waals surface area contributed by atoms with E-state index in [0.717, 1.165) is 11.1 Å². The Hall–Kier alpha value is -2.37. The zero-order valence-corrected chi connectivity index (χ0v) is 26.3. The summed E-state index contributed by atoms with van der Waals surface area (Å²) in [5, 5.41) is 0.708. The first-order chi connectivity index (χ1) is 17.7. The van der Waals surface area contributed by atoms with Gasteiger partial charge in [-0.1, -0.05) is 0 Å². The Kier molecular flexibility index (Phi) is 16.0. The van der Waals surface area contributed by atoms with Crippen molar-refractivity contribution in [2.45, 2.75) is 35.9 Å². The van der Waals surface area contributed by atoms with Crippen LogP contribution in [0, 0.1) is 6.92 Å². The zero-order chi connectivity index (χ0) is 27.1. The fraction of sp³-hybridized carbons (Fsp3) is 0.226. The van der Waals surface area contributed by atoms with Crippen LogP contribution in [0.5, 0.6) is 0 Å². The van der Waals surface area contributed by atoms with Gasteiger partial charge in [-0.25, -0.2) is 24.3 Å². The van der Waals surface area contributed by atoms with Gasteiger partial charge in [0.15, 0.2) is 0 Å². The molecule has 4 aromatic carbocycles. The van der Waals surface area contributed by atoms with Crippen LogP contribution in [0.2, 0.25) is 11.1 Å². The summed E-state index contributed by atoms with van der Waals surface area (Å²) in [7, 11) is 0.665. The molecule has 2 atom stereocenters. The van der Waals surface area contributed by atoms with Crippen molar-refractivity contribution in [2.24, 2.45) is 3.37 Å². The van der Waals surface area contributed by atoms with E-state index < -0.39 is 23.7 Å². The van der Waals surface area contributed by atoms with Gasteiger partial charge in [0.2, 0.25) is 0 Å². The largest absolute Gasteiger partial charge is 2.00 e. The third-order valence-electron chi connectivity index (χ3n) is 5.49. The van der Waals surface area contributed by atoms with Crippen LogP contribution < -0.4 is 0 Å². The Morgan fingerprint density at radius 2 is 1.55 bits per heavy atom. The number of hydrogen-bond acceptors (Lipinski definition) is 3. The van der Waals surface area contributed by atoms with Gasteiger partial charge in [-0.2, -0.15) is 35.9 Å². The molecule has 4 nitrogen and oxygen atoms in total. The average Bonchev–Trinajstić information content (AvgIpc) is 3.62. The molecule has 4 aromatic rings. The summed E-state index contributed by atoms with van der Waals surface area (Å²) in [5.41, 5.74) is 3.54. The Bertz CT molecular complexity index is 1280. The van der Waals surface area contributed by atoms with Crippen molar-refractivity contribution >= 4 is 29.8 Å².